The van der Waals surface area contributed by atoms with Crippen LogP contribution in [0.15, 0.2) is 30.3 Å². The van der Waals surface area contributed by atoms with Gasteiger partial charge in [-0.3, -0.25) is 0 Å². The average molecular weight is 325 g/mol. The van der Waals surface area contributed by atoms with Crippen LogP contribution in [0, 0.1) is 22.8 Å². The molecule has 0 amide bonds. The molecule has 4 atom stereocenters. The molecule has 24 heavy (non-hydrogen) atoms. The number of carbonyl (C=O) groups is 1. The van der Waals surface area contributed by atoms with E-state index in [1.54, 1.807) is 0 Å². The summed E-state index contributed by atoms with van der Waals surface area (Å²) in [5.74, 6) is -0.336. The van der Waals surface area contributed by atoms with Crippen LogP contribution in [0.1, 0.15) is 52.0 Å². The largest absolute Gasteiger partial charge is 0.460 e. The topological polar surface area (TPSA) is 30.7 Å². The van der Waals surface area contributed by atoms with Crippen LogP contribution in [0.5, 0.6) is 0 Å². The van der Waals surface area contributed by atoms with Gasteiger partial charge < -0.3 is 9.58 Å². The minimum atomic E-state index is -0.697. The zero-order valence-electron chi connectivity index (χ0n) is 15.0. The third-order valence-corrected chi connectivity index (χ3v) is 6.79. The standard InChI is InChI=1S/C21H27NO2/c1-5-24-18(23)17(22-4)21(13-16-9-7-6-8-10-16)14-19(2)11-12-20(19,3)15-21/h6-10,17H,5,11-15H2,1-3H3/t17?,19-,20+,21?. The number of hydrogen-bond acceptors (Lipinski definition) is 2. The second kappa shape index (κ2) is 5.92. The van der Waals surface area contributed by atoms with Crippen LogP contribution >= 0.6 is 0 Å². The highest BCUT2D eigenvalue weighted by Crippen LogP contribution is 2.72. The molecule has 0 heterocycles. The van der Waals surface area contributed by atoms with Gasteiger partial charge in [0.2, 0.25) is 0 Å². The van der Waals surface area contributed by atoms with Gasteiger partial charge in [0.25, 0.3) is 0 Å². The van der Waals surface area contributed by atoms with E-state index in [0.29, 0.717) is 6.61 Å². The van der Waals surface area contributed by atoms with Crippen LogP contribution in [0.3, 0.4) is 0 Å². The molecule has 0 aromatic heterocycles. The van der Waals surface area contributed by atoms with Crippen molar-refractivity contribution in [3.63, 3.8) is 0 Å². The fourth-order valence-corrected chi connectivity index (χ4v) is 5.28. The van der Waals surface area contributed by atoms with Crippen molar-refractivity contribution in [1.82, 2.24) is 0 Å². The number of nitrogens with zero attached hydrogens (tertiary/aromatic N) is 1. The van der Waals surface area contributed by atoms with E-state index in [2.05, 4.69) is 30.8 Å². The van der Waals surface area contributed by atoms with Gasteiger partial charge in [-0.15, -0.1) is 0 Å². The average Bonchev–Trinajstić information content (AvgIpc) is 2.68. The van der Waals surface area contributed by atoms with Crippen LogP contribution in [0.2, 0.25) is 0 Å². The Bertz CT molecular complexity index is 644. The van der Waals surface area contributed by atoms with Gasteiger partial charge in [0, 0.05) is 0 Å². The minimum absolute atomic E-state index is 0.247. The van der Waals surface area contributed by atoms with E-state index in [-0.39, 0.29) is 22.2 Å². The van der Waals surface area contributed by atoms with Crippen LogP contribution in [-0.2, 0) is 16.0 Å². The van der Waals surface area contributed by atoms with Gasteiger partial charge in [-0.25, -0.2) is 11.4 Å². The second-order valence-electron chi connectivity index (χ2n) is 8.28. The smallest absolute Gasteiger partial charge is 0.390 e. The summed E-state index contributed by atoms with van der Waals surface area (Å²) in [6, 6.07) is 9.60. The lowest BCUT2D eigenvalue weighted by Gasteiger charge is -2.51. The number of rotatable bonds is 5. The van der Waals surface area contributed by atoms with Gasteiger partial charge in [0.15, 0.2) is 0 Å². The summed E-state index contributed by atoms with van der Waals surface area (Å²) in [6.07, 6.45) is 5.07. The van der Waals surface area contributed by atoms with E-state index in [9.17, 15) is 4.79 Å². The summed E-state index contributed by atoms with van der Waals surface area (Å²) in [7, 11) is 0. The molecular formula is C21H27NO2. The third-order valence-electron chi connectivity index (χ3n) is 6.79. The van der Waals surface area contributed by atoms with Crippen LogP contribution in [-0.4, -0.2) is 18.6 Å². The Morgan fingerprint density at radius 2 is 1.79 bits per heavy atom. The molecule has 3 heteroatoms. The van der Waals surface area contributed by atoms with Crippen molar-refractivity contribution in [1.29, 1.82) is 0 Å². The number of fused-ring (bicyclic) bond motifs is 1. The molecule has 0 saturated heterocycles. The number of hydrogen-bond donors (Lipinski definition) is 0. The van der Waals surface area contributed by atoms with Crippen molar-refractivity contribution in [2.75, 3.05) is 6.61 Å². The third kappa shape index (κ3) is 2.53. The van der Waals surface area contributed by atoms with Gasteiger partial charge in [-0.1, -0.05) is 44.2 Å². The van der Waals surface area contributed by atoms with E-state index >= 15 is 0 Å². The zero-order chi connectivity index (χ0) is 17.4. The van der Waals surface area contributed by atoms with E-state index < -0.39 is 6.04 Å². The quantitative estimate of drug-likeness (QED) is 0.582. The van der Waals surface area contributed by atoms with E-state index in [1.807, 2.05) is 25.1 Å². The van der Waals surface area contributed by atoms with Gasteiger partial charge >= 0.3 is 12.0 Å². The van der Waals surface area contributed by atoms with Crippen molar-refractivity contribution in [2.45, 2.75) is 58.9 Å². The Morgan fingerprint density at radius 1 is 1.21 bits per heavy atom. The molecule has 2 aliphatic carbocycles. The summed E-state index contributed by atoms with van der Waals surface area (Å²) >= 11 is 0. The van der Waals surface area contributed by atoms with Gasteiger partial charge in [-0.05, 0) is 55.4 Å². The molecule has 0 spiro atoms. The SMILES string of the molecule is [C-]#[N+]C(C(=O)OCC)C1(Cc2ccccc2)C[C@]2(C)CC[C@]2(C)C1. The molecule has 0 bridgehead atoms. The Hall–Kier alpha value is -1.82. The number of benzene rings is 1. The highest BCUT2D eigenvalue weighted by atomic mass is 16.5. The molecule has 0 N–H and O–H groups in total. The van der Waals surface area contributed by atoms with E-state index in [4.69, 9.17) is 11.3 Å². The lowest BCUT2D eigenvalue weighted by Crippen LogP contribution is -2.42. The summed E-state index contributed by atoms with van der Waals surface area (Å²) in [5.41, 5.74) is 1.40. The van der Waals surface area contributed by atoms with Crippen molar-refractivity contribution in [3.05, 3.63) is 47.3 Å². The predicted molar refractivity (Wildman–Crippen MR) is 94.3 cm³/mol. The van der Waals surface area contributed by atoms with Crippen LogP contribution in [0.25, 0.3) is 4.85 Å². The number of esters is 1. The molecule has 128 valence electrons. The lowest BCUT2D eigenvalue weighted by molar-refractivity contribution is -0.146. The molecule has 2 unspecified atom stereocenters. The van der Waals surface area contributed by atoms with Crippen molar-refractivity contribution in [3.8, 4) is 0 Å². The second-order valence-corrected chi connectivity index (χ2v) is 8.28. The van der Waals surface area contributed by atoms with Crippen molar-refractivity contribution >= 4 is 5.97 Å². The first kappa shape index (κ1) is 17.0. The summed E-state index contributed by atoms with van der Waals surface area (Å²) in [6.45, 7) is 14.6. The molecular weight excluding hydrogens is 298 g/mol. The first-order chi connectivity index (χ1) is 11.4. The maximum atomic E-state index is 12.6. The highest BCUT2D eigenvalue weighted by Gasteiger charge is 2.68. The molecule has 3 nitrogen and oxygen atoms in total. The minimum Gasteiger partial charge on any atom is -0.460 e. The van der Waals surface area contributed by atoms with Crippen LogP contribution in [0.4, 0.5) is 0 Å². The molecule has 3 rings (SSSR count). The zero-order valence-corrected chi connectivity index (χ0v) is 15.0. The number of carbonyl (C=O) groups excluding carboxylic acids is 1. The van der Waals surface area contributed by atoms with Crippen molar-refractivity contribution < 1.29 is 9.53 Å². The Balaban J connectivity index is 1.99. The maximum Gasteiger partial charge on any atom is 0.390 e. The summed E-state index contributed by atoms with van der Waals surface area (Å²) < 4.78 is 5.27. The fraction of sp³-hybridized carbons (Fsp3) is 0.619. The Kier molecular flexibility index (Phi) is 4.20. The normalized spacial score (nSPS) is 35.4. The highest BCUT2D eigenvalue weighted by molar-refractivity contribution is 5.79. The van der Waals surface area contributed by atoms with Gasteiger partial charge in [-0.2, -0.15) is 0 Å². The van der Waals surface area contributed by atoms with E-state index in [0.717, 1.165) is 19.3 Å². The molecule has 2 aliphatic rings. The predicted octanol–water partition coefficient (Wildman–Crippen LogP) is 4.67. The monoisotopic (exact) mass is 325 g/mol. The maximum absolute atomic E-state index is 12.6. The Labute approximate surface area is 145 Å². The first-order valence-corrected chi connectivity index (χ1v) is 8.95. The molecule has 2 saturated carbocycles. The van der Waals surface area contributed by atoms with Crippen LogP contribution < -0.4 is 0 Å². The van der Waals surface area contributed by atoms with E-state index in [1.165, 1.54) is 18.4 Å². The fourth-order valence-electron chi connectivity index (χ4n) is 5.28. The Morgan fingerprint density at radius 3 is 2.25 bits per heavy atom. The molecule has 2 fully saturated rings. The first-order valence-electron chi connectivity index (χ1n) is 8.95. The molecule has 1 aromatic rings. The summed E-state index contributed by atoms with van der Waals surface area (Å²) in [5, 5.41) is 0. The number of ether oxygens (including phenoxy) is 1. The molecule has 1 aromatic carbocycles. The molecule has 0 aliphatic heterocycles. The lowest BCUT2D eigenvalue weighted by atomic mass is 9.53. The van der Waals surface area contributed by atoms with Gasteiger partial charge in [0.1, 0.15) is 0 Å². The summed E-state index contributed by atoms with van der Waals surface area (Å²) in [4.78, 5) is 16.4. The van der Waals surface area contributed by atoms with Crippen molar-refractivity contribution in [2.24, 2.45) is 16.2 Å². The van der Waals surface area contributed by atoms with Gasteiger partial charge in [0.05, 0.1) is 12.0 Å². The molecule has 0 radical (unpaired) electrons.